The third-order valence-corrected chi connectivity index (χ3v) is 4.25. The highest BCUT2D eigenvalue weighted by Crippen LogP contribution is 2.22. The molecule has 27 heavy (non-hydrogen) atoms. The Balaban J connectivity index is 2.03. The molecule has 0 spiro atoms. The number of aryl methyl sites for hydroxylation is 1. The standard InChI is InChI=1S/C21H25N5O/c1-4-26(5-2)19-8-9-20(16(3)11-19)24-15-18(12-22)21(27)25-14-17-7-6-10-23-13-17/h6-11,13,15,24H,4-5,14H2,1-3H3,(H,25,27)/b18-15-. The van der Waals surface area contributed by atoms with E-state index in [4.69, 9.17) is 0 Å². The topological polar surface area (TPSA) is 81.0 Å². The van der Waals surface area contributed by atoms with Gasteiger partial charge in [0.1, 0.15) is 11.6 Å². The molecule has 2 rings (SSSR count). The van der Waals surface area contributed by atoms with Crippen LogP contribution < -0.4 is 15.5 Å². The van der Waals surface area contributed by atoms with Crippen LogP contribution in [0.5, 0.6) is 0 Å². The molecular weight excluding hydrogens is 338 g/mol. The first-order valence-corrected chi connectivity index (χ1v) is 8.98. The Labute approximate surface area is 160 Å². The summed E-state index contributed by atoms with van der Waals surface area (Å²) in [6.07, 6.45) is 4.79. The van der Waals surface area contributed by atoms with Crippen molar-refractivity contribution in [2.45, 2.75) is 27.3 Å². The summed E-state index contributed by atoms with van der Waals surface area (Å²) in [6, 6.07) is 11.7. The maximum atomic E-state index is 12.2. The smallest absolute Gasteiger partial charge is 0.263 e. The molecular formula is C21H25N5O. The van der Waals surface area contributed by atoms with Crippen LogP contribution in [-0.2, 0) is 11.3 Å². The van der Waals surface area contributed by atoms with Crippen LogP contribution >= 0.6 is 0 Å². The van der Waals surface area contributed by atoms with Crippen LogP contribution in [0.25, 0.3) is 0 Å². The SMILES string of the molecule is CCN(CC)c1ccc(N/C=C(/C#N)C(=O)NCc2cccnc2)c(C)c1. The molecule has 1 aromatic heterocycles. The molecule has 0 unspecified atom stereocenters. The van der Waals surface area contributed by atoms with Crippen LogP contribution in [0.15, 0.2) is 54.5 Å². The maximum Gasteiger partial charge on any atom is 0.263 e. The lowest BCUT2D eigenvalue weighted by Gasteiger charge is -2.22. The van der Waals surface area contributed by atoms with Gasteiger partial charge < -0.3 is 15.5 Å². The monoisotopic (exact) mass is 363 g/mol. The number of anilines is 2. The molecule has 6 nitrogen and oxygen atoms in total. The highest BCUT2D eigenvalue weighted by molar-refractivity contribution is 5.97. The zero-order valence-electron chi connectivity index (χ0n) is 16.0. The minimum Gasteiger partial charge on any atom is -0.372 e. The number of pyridine rings is 1. The first-order chi connectivity index (χ1) is 13.1. The van der Waals surface area contributed by atoms with Crippen molar-refractivity contribution < 1.29 is 4.79 Å². The summed E-state index contributed by atoms with van der Waals surface area (Å²) < 4.78 is 0. The maximum absolute atomic E-state index is 12.2. The lowest BCUT2D eigenvalue weighted by Crippen LogP contribution is -2.24. The minimum atomic E-state index is -0.425. The number of nitrogens with one attached hydrogen (secondary N) is 2. The van der Waals surface area contributed by atoms with Gasteiger partial charge in [-0.1, -0.05) is 6.07 Å². The van der Waals surface area contributed by atoms with Crippen molar-refractivity contribution in [3.63, 3.8) is 0 Å². The van der Waals surface area contributed by atoms with Crippen molar-refractivity contribution >= 4 is 17.3 Å². The molecule has 1 heterocycles. The zero-order valence-corrected chi connectivity index (χ0v) is 16.0. The van der Waals surface area contributed by atoms with Gasteiger partial charge in [-0.25, -0.2) is 0 Å². The summed E-state index contributed by atoms with van der Waals surface area (Å²) in [4.78, 5) is 18.5. The predicted molar refractivity (Wildman–Crippen MR) is 108 cm³/mol. The third-order valence-electron chi connectivity index (χ3n) is 4.25. The van der Waals surface area contributed by atoms with Gasteiger partial charge >= 0.3 is 0 Å². The van der Waals surface area contributed by atoms with Gasteiger partial charge in [0.15, 0.2) is 0 Å². The van der Waals surface area contributed by atoms with E-state index in [-0.39, 0.29) is 5.57 Å². The second-order valence-electron chi connectivity index (χ2n) is 6.03. The third kappa shape index (κ3) is 5.58. The Morgan fingerprint density at radius 2 is 2.07 bits per heavy atom. The Hall–Kier alpha value is -3.33. The molecule has 0 aliphatic rings. The van der Waals surface area contributed by atoms with Crippen LogP contribution in [0.3, 0.4) is 0 Å². The first kappa shape index (κ1) is 20.0. The number of nitriles is 1. The summed E-state index contributed by atoms with van der Waals surface area (Å²) >= 11 is 0. The molecule has 0 aliphatic heterocycles. The number of aromatic nitrogens is 1. The molecule has 2 aromatic rings. The molecule has 0 atom stereocenters. The van der Waals surface area contributed by atoms with Crippen molar-refractivity contribution in [3.05, 3.63) is 65.6 Å². The molecule has 1 aromatic carbocycles. The molecule has 2 N–H and O–H groups in total. The van der Waals surface area contributed by atoms with Gasteiger partial charge in [-0.3, -0.25) is 9.78 Å². The van der Waals surface area contributed by atoms with Gasteiger partial charge in [0.2, 0.25) is 0 Å². The summed E-state index contributed by atoms with van der Waals surface area (Å²) in [5, 5.41) is 15.1. The van der Waals surface area contributed by atoms with Gasteiger partial charge in [0.25, 0.3) is 5.91 Å². The molecule has 0 radical (unpaired) electrons. The summed E-state index contributed by atoms with van der Waals surface area (Å²) in [6.45, 7) is 8.45. The lowest BCUT2D eigenvalue weighted by molar-refractivity contribution is -0.117. The fraction of sp³-hybridized carbons (Fsp3) is 0.286. The van der Waals surface area contributed by atoms with Gasteiger partial charge in [-0.2, -0.15) is 5.26 Å². The van der Waals surface area contributed by atoms with Gasteiger partial charge in [-0.05, 0) is 56.2 Å². The molecule has 6 heteroatoms. The first-order valence-electron chi connectivity index (χ1n) is 8.98. The second kappa shape index (κ2) is 9.97. The van der Waals surface area contributed by atoms with E-state index in [1.54, 1.807) is 18.5 Å². The Morgan fingerprint density at radius 1 is 1.30 bits per heavy atom. The molecule has 1 amide bonds. The van der Waals surface area contributed by atoms with E-state index in [0.29, 0.717) is 6.54 Å². The van der Waals surface area contributed by atoms with Crippen molar-refractivity contribution in [2.75, 3.05) is 23.3 Å². The quantitative estimate of drug-likeness (QED) is 0.555. The molecule has 0 fully saturated rings. The van der Waals surface area contributed by atoms with Crippen molar-refractivity contribution in [2.24, 2.45) is 0 Å². The Bertz CT molecular complexity index is 835. The van der Waals surface area contributed by atoms with Crippen molar-refractivity contribution in [1.82, 2.24) is 10.3 Å². The molecule has 0 aliphatic carbocycles. The number of benzene rings is 1. The average Bonchev–Trinajstić information content (AvgIpc) is 2.70. The van der Waals surface area contributed by atoms with E-state index in [2.05, 4.69) is 40.4 Å². The number of hydrogen-bond donors (Lipinski definition) is 2. The van der Waals surface area contributed by atoms with Crippen molar-refractivity contribution in [3.8, 4) is 6.07 Å². The highest BCUT2D eigenvalue weighted by Gasteiger charge is 2.09. The van der Waals surface area contributed by atoms with Gasteiger partial charge in [0.05, 0.1) is 0 Å². The molecule has 0 saturated carbocycles. The average molecular weight is 363 g/mol. The summed E-state index contributed by atoms with van der Waals surface area (Å²) in [7, 11) is 0. The number of amides is 1. The van der Waals surface area contributed by atoms with Crippen LogP contribution in [0.1, 0.15) is 25.0 Å². The molecule has 0 saturated heterocycles. The van der Waals surface area contributed by atoms with E-state index in [0.717, 1.165) is 35.6 Å². The predicted octanol–water partition coefficient (Wildman–Crippen LogP) is 3.37. The molecule has 140 valence electrons. The fourth-order valence-corrected chi connectivity index (χ4v) is 2.67. The second-order valence-corrected chi connectivity index (χ2v) is 6.03. The minimum absolute atomic E-state index is 0.0195. The largest absolute Gasteiger partial charge is 0.372 e. The van der Waals surface area contributed by atoms with E-state index in [1.165, 1.54) is 6.20 Å². The van der Waals surface area contributed by atoms with E-state index in [9.17, 15) is 10.1 Å². The van der Waals surface area contributed by atoms with E-state index >= 15 is 0 Å². The van der Waals surface area contributed by atoms with Gasteiger partial charge in [0, 0.05) is 49.6 Å². The Kier molecular flexibility index (Phi) is 7.38. The van der Waals surface area contributed by atoms with E-state index < -0.39 is 5.91 Å². The van der Waals surface area contributed by atoms with Gasteiger partial charge in [-0.15, -0.1) is 0 Å². The van der Waals surface area contributed by atoms with Crippen LogP contribution in [0, 0.1) is 18.3 Å². The number of nitrogens with zero attached hydrogens (tertiary/aromatic N) is 3. The van der Waals surface area contributed by atoms with Crippen LogP contribution in [-0.4, -0.2) is 24.0 Å². The number of carbonyl (C=O) groups excluding carboxylic acids is 1. The fourth-order valence-electron chi connectivity index (χ4n) is 2.67. The number of rotatable bonds is 8. The number of hydrogen-bond acceptors (Lipinski definition) is 5. The Morgan fingerprint density at radius 3 is 2.67 bits per heavy atom. The molecule has 0 bridgehead atoms. The normalized spacial score (nSPS) is 10.8. The zero-order chi connectivity index (χ0) is 19.6. The van der Waals surface area contributed by atoms with Crippen LogP contribution in [0.2, 0.25) is 0 Å². The lowest BCUT2D eigenvalue weighted by atomic mass is 10.1. The number of carbonyl (C=O) groups is 1. The highest BCUT2D eigenvalue weighted by atomic mass is 16.1. The summed E-state index contributed by atoms with van der Waals surface area (Å²) in [5.74, 6) is -0.425. The summed E-state index contributed by atoms with van der Waals surface area (Å²) in [5.41, 5.74) is 3.95. The van der Waals surface area contributed by atoms with Crippen molar-refractivity contribution in [1.29, 1.82) is 5.26 Å². The van der Waals surface area contributed by atoms with Crippen LogP contribution in [0.4, 0.5) is 11.4 Å². The van der Waals surface area contributed by atoms with E-state index in [1.807, 2.05) is 31.2 Å².